The number of hydrogen-bond donors (Lipinski definition) is 1. The van der Waals surface area contributed by atoms with Gasteiger partial charge in [-0.25, -0.2) is 0 Å². The van der Waals surface area contributed by atoms with Crippen LogP contribution in [0.15, 0.2) is 29.3 Å². The van der Waals surface area contributed by atoms with Crippen LogP contribution in [0.3, 0.4) is 0 Å². The Balaban J connectivity index is 0.00000256. The third-order valence-electron chi connectivity index (χ3n) is 7.00. The van der Waals surface area contributed by atoms with Gasteiger partial charge >= 0.3 is 0 Å². The molecule has 3 heterocycles. The van der Waals surface area contributed by atoms with Crippen LogP contribution in [0.25, 0.3) is 0 Å². The molecule has 6 nitrogen and oxygen atoms in total. The topological polar surface area (TPSA) is 43.3 Å². The molecule has 0 aliphatic carbocycles. The highest BCUT2D eigenvalue weighted by Crippen LogP contribution is 2.38. The van der Waals surface area contributed by atoms with E-state index < -0.39 is 0 Å². The summed E-state index contributed by atoms with van der Waals surface area (Å²) >= 11 is 0. The van der Waals surface area contributed by atoms with Gasteiger partial charge in [0.1, 0.15) is 0 Å². The van der Waals surface area contributed by atoms with Gasteiger partial charge in [-0.3, -0.25) is 9.89 Å². The molecule has 1 spiro atoms. The van der Waals surface area contributed by atoms with E-state index in [1.165, 1.54) is 37.1 Å². The van der Waals surface area contributed by atoms with Crippen LogP contribution in [0.2, 0.25) is 0 Å². The van der Waals surface area contributed by atoms with E-state index in [1.807, 2.05) is 7.05 Å². The molecule has 1 atom stereocenters. The Morgan fingerprint density at radius 2 is 1.80 bits per heavy atom. The largest absolute Gasteiger partial charge is 0.381 e. The number of nitrogens with one attached hydrogen (secondary N) is 1. The number of hydrogen-bond acceptors (Lipinski definition) is 4. The zero-order valence-electron chi connectivity index (χ0n) is 18.6. The van der Waals surface area contributed by atoms with Gasteiger partial charge in [0.05, 0.1) is 6.61 Å². The van der Waals surface area contributed by atoms with E-state index in [1.54, 1.807) is 0 Å². The molecule has 1 N–H and O–H groups in total. The smallest absolute Gasteiger partial charge is 0.193 e. The molecule has 0 radical (unpaired) electrons. The van der Waals surface area contributed by atoms with E-state index in [0.717, 1.165) is 65.0 Å². The first-order valence-corrected chi connectivity index (χ1v) is 11.3. The number of likely N-dealkylation sites (N-methyl/N-ethyl adjacent to an activating group) is 1. The number of nitrogens with zero attached hydrogens (tertiary/aromatic N) is 4. The molecule has 3 aliphatic heterocycles. The highest BCUT2D eigenvalue weighted by molar-refractivity contribution is 14.0. The fraction of sp³-hybridized carbons (Fsp3) is 0.696. The molecule has 7 heteroatoms. The first-order chi connectivity index (χ1) is 14.2. The Morgan fingerprint density at radius 3 is 2.47 bits per heavy atom. The molecule has 3 aliphatic rings. The van der Waals surface area contributed by atoms with Crippen LogP contribution in [-0.4, -0.2) is 86.7 Å². The minimum atomic E-state index is 0. The molecule has 168 valence electrons. The summed E-state index contributed by atoms with van der Waals surface area (Å²) in [7, 11) is 1.90. The van der Waals surface area contributed by atoms with Crippen molar-refractivity contribution >= 4 is 29.9 Å². The van der Waals surface area contributed by atoms with E-state index in [9.17, 15) is 0 Å². The summed E-state index contributed by atoms with van der Waals surface area (Å²) in [5, 5.41) is 3.64. The maximum Gasteiger partial charge on any atom is 0.193 e. The van der Waals surface area contributed by atoms with Crippen LogP contribution in [0.1, 0.15) is 30.9 Å². The Hall–Kier alpha value is -0.900. The van der Waals surface area contributed by atoms with Crippen LogP contribution in [0.4, 0.5) is 0 Å². The average Bonchev–Trinajstić information content (AvgIpc) is 3.40. The number of guanidine groups is 1. The number of ether oxygens (including phenoxy) is 1. The van der Waals surface area contributed by atoms with Gasteiger partial charge in [0.2, 0.25) is 0 Å². The lowest BCUT2D eigenvalue weighted by Gasteiger charge is -2.34. The third kappa shape index (κ3) is 5.66. The van der Waals surface area contributed by atoms with E-state index in [-0.39, 0.29) is 24.0 Å². The standard InChI is InChI=1S/C23H37N5O.HI/c1-3-26-11-13-27(14-12-26)17-21-7-5-4-6-20(21)16-25-22(24-2)28-10-8-23(18-28)9-15-29-19-23;/h4-7H,3,8-19H2,1-2H3,(H,24,25);1H. The number of rotatable bonds is 5. The fourth-order valence-electron chi connectivity index (χ4n) is 4.98. The molecular formula is C23H38IN5O. The summed E-state index contributed by atoms with van der Waals surface area (Å²) in [4.78, 5) is 12.1. The van der Waals surface area contributed by atoms with Crippen molar-refractivity contribution < 1.29 is 4.74 Å². The Labute approximate surface area is 199 Å². The average molecular weight is 527 g/mol. The van der Waals surface area contributed by atoms with Gasteiger partial charge in [0.25, 0.3) is 0 Å². The van der Waals surface area contributed by atoms with Crippen molar-refractivity contribution in [3.63, 3.8) is 0 Å². The van der Waals surface area contributed by atoms with Crippen LogP contribution in [0, 0.1) is 5.41 Å². The molecular weight excluding hydrogens is 489 g/mol. The third-order valence-corrected chi connectivity index (χ3v) is 7.00. The van der Waals surface area contributed by atoms with Gasteiger partial charge in [-0.15, -0.1) is 24.0 Å². The van der Waals surface area contributed by atoms with Crippen molar-refractivity contribution in [2.45, 2.75) is 32.9 Å². The van der Waals surface area contributed by atoms with E-state index in [0.29, 0.717) is 5.41 Å². The second-order valence-electron chi connectivity index (χ2n) is 8.85. The highest BCUT2D eigenvalue weighted by atomic mass is 127. The maximum atomic E-state index is 5.68. The molecule has 3 saturated heterocycles. The van der Waals surface area contributed by atoms with Crippen molar-refractivity contribution in [3.8, 4) is 0 Å². The van der Waals surface area contributed by atoms with Crippen molar-refractivity contribution in [2.24, 2.45) is 10.4 Å². The molecule has 1 aromatic rings. The van der Waals surface area contributed by atoms with Crippen molar-refractivity contribution in [1.29, 1.82) is 0 Å². The predicted molar refractivity (Wildman–Crippen MR) is 134 cm³/mol. The Kier molecular flexibility index (Phi) is 8.80. The zero-order chi connectivity index (χ0) is 20.1. The normalized spacial score (nSPS) is 25.7. The van der Waals surface area contributed by atoms with Crippen molar-refractivity contribution in [2.75, 3.05) is 66.1 Å². The second-order valence-corrected chi connectivity index (χ2v) is 8.85. The number of halogens is 1. The number of likely N-dealkylation sites (tertiary alicyclic amines) is 1. The Morgan fingerprint density at radius 1 is 1.07 bits per heavy atom. The number of benzene rings is 1. The quantitative estimate of drug-likeness (QED) is 0.363. The van der Waals surface area contributed by atoms with Crippen LogP contribution in [-0.2, 0) is 17.8 Å². The van der Waals surface area contributed by atoms with Gasteiger partial charge < -0.3 is 19.9 Å². The monoisotopic (exact) mass is 527 g/mol. The summed E-state index contributed by atoms with van der Waals surface area (Å²) < 4.78 is 5.68. The summed E-state index contributed by atoms with van der Waals surface area (Å²) in [6, 6.07) is 8.86. The lowest BCUT2D eigenvalue weighted by atomic mass is 9.87. The molecule has 0 aromatic heterocycles. The van der Waals surface area contributed by atoms with Gasteiger partial charge in [-0.05, 0) is 30.5 Å². The first kappa shape index (κ1) is 23.8. The van der Waals surface area contributed by atoms with Crippen LogP contribution >= 0.6 is 24.0 Å². The van der Waals surface area contributed by atoms with Gasteiger partial charge in [0.15, 0.2) is 5.96 Å². The van der Waals surface area contributed by atoms with Crippen molar-refractivity contribution in [1.82, 2.24) is 20.0 Å². The Bertz CT molecular complexity index is 699. The van der Waals surface area contributed by atoms with E-state index in [4.69, 9.17) is 4.74 Å². The summed E-state index contributed by atoms with van der Waals surface area (Å²) in [6.45, 7) is 14.0. The SMILES string of the molecule is CCN1CCN(Cc2ccccc2CNC(=NC)N2CCC3(CCOC3)C2)CC1.I. The summed E-state index contributed by atoms with van der Waals surface area (Å²) in [5.41, 5.74) is 3.17. The predicted octanol–water partition coefficient (Wildman–Crippen LogP) is 2.63. The maximum absolute atomic E-state index is 5.68. The van der Waals surface area contributed by atoms with Crippen molar-refractivity contribution in [3.05, 3.63) is 35.4 Å². The lowest BCUT2D eigenvalue weighted by molar-refractivity contribution is 0.131. The molecule has 0 saturated carbocycles. The highest BCUT2D eigenvalue weighted by Gasteiger charge is 2.42. The van der Waals surface area contributed by atoms with Gasteiger partial charge in [0, 0.05) is 71.4 Å². The number of piperazine rings is 1. The molecule has 30 heavy (non-hydrogen) atoms. The first-order valence-electron chi connectivity index (χ1n) is 11.3. The van der Waals surface area contributed by atoms with Gasteiger partial charge in [-0.2, -0.15) is 0 Å². The van der Waals surface area contributed by atoms with Crippen LogP contribution in [0.5, 0.6) is 0 Å². The fourth-order valence-corrected chi connectivity index (χ4v) is 4.98. The summed E-state index contributed by atoms with van der Waals surface area (Å²) in [6.07, 6.45) is 2.41. The zero-order valence-corrected chi connectivity index (χ0v) is 20.9. The number of aliphatic imine (C=N–C) groups is 1. The lowest BCUT2D eigenvalue weighted by Crippen LogP contribution is -2.45. The molecule has 4 rings (SSSR count). The molecule has 1 aromatic carbocycles. The molecule has 0 amide bonds. The minimum absolute atomic E-state index is 0. The van der Waals surface area contributed by atoms with E-state index in [2.05, 4.69) is 56.2 Å². The molecule has 0 bridgehead atoms. The van der Waals surface area contributed by atoms with Crippen LogP contribution < -0.4 is 5.32 Å². The second kappa shape index (κ2) is 11.1. The van der Waals surface area contributed by atoms with Gasteiger partial charge in [-0.1, -0.05) is 31.2 Å². The molecule has 1 unspecified atom stereocenters. The van der Waals surface area contributed by atoms with E-state index >= 15 is 0 Å². The molecule has 3 fully saturated rings. The summed E-state index contributed by atoms with van der Waals surface area (Å²) in [5.74, 6) is 1.03. The minimum Gasteiger partial charge on any atom is -0.381 e.